The summed E-state index contributed by atoms with van der Waals surface area (Å²) in [4.78, 5) is 24.4. The third kappa shape index (κ3) is 1.87. The summed E-state index contributed by atoms with van der Waals surface area (Å²) in [6.07, 6.45) is 6.10. The molecule has 0 aromatic heterocycles. The molecule has 0 spiro atoms. The van der Waals surface area contributed by atoms with Gasteiger partial charge in [-0.25, -0.2) is 0 Å². The SMILES string of the molecule is C=CCC1(CC=C)CC(C=O)N(C)C1=O. The van der Waals surface area contributed by atoms with Gasteiger partial charge in [-0.1, -0.05) is 12.2 Å². The molecule has 3 nitrogen and oxygen atoms in total. The summed E-state index contributed by atoms with van der Waals surface area (Å²) in [6, 6.07) is -0.294. The molecule has 1 saturated heterocycles. The zero-order valence-corrected chi connectivity index (χ0v) is 9.11. The van der Waals surface area contributed by atoms with E-state index in [0.29, 0.717) is 19.3 Å². The standard InChI is InChI=1S/C12H17NO2/c1-4-6-12(7-5-2)8-10(9-14)13(3)11(12)15/h4-5,9-10H,1-2,6-8H2,3H3. The van der Waals surface area contributed by atoms with Crippen LogP contribution in [-0.4, -0.2) is 30.2 Å². The molecule has 15 heavy (non-hydrogen) atoms. The van der Waals surface area contributed by atoms with Gasteiger partial charge in [-0.2, -0.15) is 0 Å². The normalized spacial score (nSPS) is 23.9. The largest absolute Gasteiger partial charge is 0.335 e. The lowest BCUT2D eigenvalue weighted by atomic mass is 9.78. The average molecular weight is 207 g/mol. The van der Waals surface area contributed by atoms with E-state index >= 15 is 0 Å². The maximum Gasteiger partial charge on any atom is 0.229 e. The number of rotatable bonds is 5. The lowest BCUT2D eigenvalue weighted by Gasteiger charge is -2.23. The van der Waals surface area contributed by atoms with Gasteiger partial charge in [-0.3, -0.25) is 4.79 Å². The van der Waals surface area contributed by atoms with E-state index in [-0.39, 0.29) is 11.9 Å². The molecule has 1 heterocycles. The Balaban J connectivity index is 2.98. The summed E-state index contributed by atoms with van der Waals surface area (Å²) in [6.45, 7) is 7.34. The highest BCUT2D eigenvalue weighted by molar-refractivity contribution is 5.89. The van der Waals surface area contributed by atoms with Gasteiger partial charge in [0.2, 0.25) is 5.91 Å². The Morgan fingerprint density at radius 3 is 2.33 bits per heavy atom. The van der Waals surface area contributed by atoms with E-state index in [1.807, 2.05) is 0 Å². The van der Waals surface area contributed by atoms with Crippen molar-refractivity contribution in [3.63, 3.8) is 0 Å². The Bertz CT molecular complexity index is 286. The molecule has 0 aliphatic carbocycles. The monoisotopic (exact) mass is 207 g/mol. The van der Waals surface area contributed by atoms with Gasteiger partial charge in [0, 0.05) is 7.05 Å². The highest BCUT2D eigenvalue weighted by Gasteiger charge is 2.48. The number of nitrogens with zero attached hydrogens (tertiary/aromatic N) is 1. The van der Waals surface area contributed by atoms with Gasteiger partial charge in [0.1, 0.15) is 6.29 Å². The summed E-state index contributed by atoms with van der Waals surface area (Å²) < 4.78 is 0. The molecule has 1 atom stereocenters. The van der Waals surface area contributed by atoms with Crippen LogP contribution in [0.1, 0.15) is 19.3 Å². The first-order valence-electron chi connectivity index (χ1n) is 5.05. The van der Waals surface area contributed by atoms with E-state index in [1.54, 1.807) is 19.2 Å². The van der Waals surface area contributed by atoms with Gasteiger partial charge in [0.05, 0.1) is 11.5 Å². The van der Waals surface area contributed by atoms with Crippen LogP contribution in [0.3, 0.4) is 0 Å². The van der Waals surface area contributed by atoms with Crippen LogP contribution >= 0.6 is 0 Å². The van der Waals surface area contributed by atoms with Crippen LogP contribution in [0.25, 0.3) is 0 Å². The summed E-state index contributed by atoms with van der Waals surface area (Å²) in [5, 5.41) is 0. The number of amides is 1. The Labute approximate surface area is 90.5 Å². The average Bonchev–Trinajstić information content (AvgIpc) is 2.45. The van der Waals surface area contributed by atoms with Crippen molar-refractivity contribution in [3.05, 3.63) is 25.3 Å². The number of hydrogen-bond acceptors (Lipinski definition) is 2. The molecule has 0 saturated carbocycles. The number of aldehydes is 1. The van der Waals surface area contributed by atoms with E-state index in [1.165, 1.54) is 4.90 Å². The second kappa shape index (κ2) is 4.43. The van der Waals surface area contributed by atoms with Crippen LogP contribution in [0.2, 0.25) is 0 Å². The van der Waals surface area contributed by atoms with Gasteiger partial charge in [-0.15, -0.1) is 13.2 Å². The molecule has 0 N–H and O–H groups in total. The second-order valence-corrected chi connectivity index (χ2v) is 4.09. The molecule has 0 radical (unpaired) electrons. The van der Waals surface area contributed by atoms with Crippen LogP contribution in [-0.2, 0) is 9.59 Å². The number of carbonyl (C=O) groups excluding carboxylic acids is 2. The zero-order valence-electron chi connectivity index (χ0n) is 9.11. The quantitative estimate of drug-likeness (QED) is 0.506. The number of allylic oxidation sites excluding steroid dienone is 2. The van der Waals surface area contributed by atoms with Crippen molar-refractivity contribution >= 4 is 12.2 Å². The first-order chi connectivity index (χ1) is 7.11. The fraction of sp³-hybridized carbons (Fsp3) is 0.500. The minimum absolute atomic E-state index is 0.0272. The van der Waals surface area contributed by atoms with Gasteiger partial charge in [0.25, 0.3) is 0 Å². The molecule has 1 fully saturated rings. The van der Waals surface area contributed by atoms with E-state index in [0.717, 1.165) is 6.29 Å². The number of likely N-dealkylation sites (tertiary alicyclic amines) is 1. The molecule has 1 rings (SSSR count). The molecule has 3 heteroatoms. The van der Waals surface area contributed by atoms with E-state index in [9.17, 15) is 9.59 Å². The van der Waals surface area contributed by atoms with Crippen molar-refractivity contribution in [3.8, 4) is 0 Å². The third-order valence-corrected chi connectivity index (χ3v) is 3.10. The Morgan fingerprint density at radius 1 is 1.47 bits per heavy atom. The molecule has 0 aromatic rings. The van der Waals surface area contributed by atoms with Crippen molar-refractivity contribution < 1.29 is 9.59 Å². The fourth-order valence-electron chi connectivity index (χ4n) is 2.27. The first-order valence-corrected chi connectivity index (χ1v) is 5.05. The third-order valence-electron chi connectivity index (χ3n) is 3.10. The molecular weight excluding hydrogens is 190 g/mol. The molecular formula is C12H17NO2. The molecule has 1 amide bonds. The number of likely N-dealkylation sites (N-methyl/N-ethyl adjacent to an activating group) is 1. The maximum atomic E-state index is 12.0. The molecule has 82 valence electrons. The minimum Gasteiger partial charge on any atom is -0.335 e. The van der Waals surface area contributed by atoms with E-state index in [4.69, 9.17) is 0 Å². The Hall–Kier alpha value is -1.38. The zero-order chi connectivity index (χ0) is 11.5. The summed E-state index contributed by atoms with van der Waals surface area (Å²) >= 11 is 0. The van der Waals surface area contributed by atoms with E-state index < -0.39 is 5.41 Å². The van der Waals surface area contributed by atoms with Gasteiger partial charge >= 0.3 is 0 Å². The molecule has 1 unspecified atom stereocenters. The fourth-order valence-corrected chi connectivity index (χ4v) is 2.27. The van der Waals surface area contributed by atoms with Crippen LogP contribution in [0.5, 0.6) is 0 Å². The van der Waals surface area contributed by atoms with Crippen molar-refractivity contribution in [2.45, 2.75) is 25.3 Å². The molecule has 1 aliphatic rings. The Kier molecular flexibility index (Phi) is 3.45. The Morgan fingerprint density at radius 2 is 2.00 bits per heavy atom. The van der Waals surface area contributed by atoms with Crippen molar-refractivity contribution in [2.24, 2.45) is 5.41 Å². The van der Waals surface area contributed by atoms with Crippen LogP contribution in [0.4, 0.5) is 0 Å². The lowest BCUT2D eigenvalue weighted by Crippen LogP contribution is -2.34. The lowest BCUT2D eigenvalue weighted by molar-refractivity contribution is -0.136. The van der Waals surface area contributed by atoms with E-state index in [2.05, 4.69) is 13.2 Å². The van der Waals surface area contributed by atoms with Gasteiger partial charge in [0.15, 0.2) is 0 Å². The van der Waals surface area contributed by atoms with Crippen LogP contribution in [0, 0.1) is 5.41 Å². The maximum absolute atomic E-state index is 12.0. The smallest absolute Gasteiger partial charge is 0.229 e. The number of carbonyl (C=O) groups is 2. The summed E-state index contributed by atoms with van der Waals surface area (Å²) in [7, 11) is 1.68. The summed E-state index contributed by atoms with van der Waals surface area (Å²) in [5.74, 6) is 0.0272. The van der Waals surface area contributed by atoms with Crippen molar-refractivity contribution in [1.29, 1.82) is 0 Å². The number of hydrogen-bond donors (Lipinski definition) is 0. The summed E-state index contributed by atoms with van der Waals surface area (Å²) in [5.41, 5.74) is -0.482. The second-order valence-electron chi connectivity index (χ2n) is 4.09. The predicted molar refractivity (Wildman–Crippen MR) is 59.3 cm³/mol. The van der Waals surface area contributed by atoms with Crippen LogP contribution < -0.4 is 0 Å². The highest BCUT2D eigenvalue weighted by atomic mass is 16.2. The highest BCUT2D eigenvalue weighted by Crippen LogP contribution is 2.41. The van der Waals surface area contributed by atoms with Gasteiger partial charge in [-0.05, 0) is 19.3 Å². The van der Waals surface area contributed by atoms with Gasteiger partial charge < -0.3 is 9.69 Å². The van der Waals surface area contributed by atoms with Crippen molar-refractivity contribution in [2.75, 3.05) is 7.05 Å². The van der Waals surface area contributed by atoms with Crippen molar-refractivity contribution in [1.82, 2.24) is 4.90 Å². The molecule has 0 bridgehead atoms. The first kappa shape index (κ1) is 11.7. The predicted octanol–water partition coefficient (Wildman–Crippen LogP) is 1.55. The molecule has 0 aromatic carbocycles. The molecule has 1 aliphatic heterocycles. The minimum atomic E-state index is -0.482. The van der Waals surface area contributed by atoms with Crippen LogP contribution in [0.15, 0.2) is 25.3 Å². The topological polar surface area (TPSA) is 37.4 Å².